The first-order valence-corrected chi connectivity index (χ1v) is 11.7. The zero-order valence-corrected chi connectivity index (χ0v) is 19.6. The second-order valence-electron chi connectivity index (χ2n) is 8.72. The molecule has 186 valence electrons. The van der Waals surface area contributed by atoms with Gasteiger partial charge in [0.1, 0.15) is 23.1 Å². The smallest absolute Gasteiger partial charge is 0.416 e. The van der Waals surface area contributed by atoms with Gasteiger partial charge in [-0.3, -0.25) is 9.79 Å². The van der Waals surface area contributed by atoms with Crippen molar-refractivity contribution < 1.29 is 22.7 Å². The van der Waals surface area contributed by atoms with Crippen LogP contribution in [0.5, 0.6) is 11.5 Å². The highest BCUT2D eigenvalue weighted by Crippen LogP contribution is 2.34. The first-order chi connectivity index (χ1) is 17.3. The van der Waals surface area contributed by atoms with Crippen LogP contribution < -0.4 is 10.1 Å². The van der Waals surface area contributed by atoms with Crippen molar-refractivity contribution in [1.82, 2.24) is 14.9 Å². The van der Waals surface area contributed by atoms with Crippen LogP contribution in [0.15, 0.2) is 53.7 Å². The molecule has 2 aliphatic rings. The third kappa shape index (κ3) is 5.02. The fraction of sp³-hybridized carbons (Fsp3) is 0.308. The summed E-state index contributed by atoms with van der Waals surface area (Å²) >= 11 is 0. The van der Waals surface area contributed by atoms with E-state index in [0.717, 1.165) is 36.2 Å². The summed E-state index contributed by atoms with van der Waals surface area (Å²) in [5.41, 5.74) is 1.68. The molecule has 0 saturated carbocycles. The fourth-order valence-corrected chi connectivity index (χ4v) is 4.30. The lowest BCUT2D eigenvalue weighted by molar-refractivity contribution is -0.137. The maximum atomic E-state index is 13.4. The number of carbonyl (C=O) groups is 1. The number of hydrogen-bond acceptors (Lipinski definition) is 6. The highest BCUT2D eigenvalue weighted by Gasteiger charge is 2.30. The van der Waals surface area contributed by atoms with Crippen molar-refractivity contribution >= 4 is 23.1 Å². The van der Waals surface area contributed by atoms with Crippen LogP contribution in [0.1, 0.15) is 46.6 Å². The van der Waals surface area contributed by atoms with Gasteiger partial charge in [0.2, 0.25) is 0 Å². The molecule has 5 rings (SSSR count). The molecule has 10 heteroatoms. The molecule has 0 atom stereocenters. The quantitative estimate of drug-likeness (QED) is 0.497. The summed E-state index contributed by atoms with van der Waals surface area (Å²) in [5, 5.41) is 3.25. The van der Waals surface area contributed by atoms with Gasteiger partial charge in [0.05, 0.1) is 28.1 Å². The molecule has 1 fully saturated rings. The summed E-state index contributed by atoms with van der Waals surface area (Å²) in [5.74, 6) is 1.78. The van der Waals surface area contributed by atoms with Gasteiger partial charge in [0, 0.05) is 32.3 Å². The number of nitrogens with zero attached hydrogens (tertiary/aromatic N) is 4. The first kappa shape index (κ1) is 23.8. The zero-order valence-electron chi connectivity index (χ0n) is 19.6. The number of anilines is 1. The number of aryl methyl sites for hydroxylation is 1. The van der Waals surface area contributed by atoms with E-state index in [4.69, 9.17) is 9.73 Å². The minimum Gasteiger partial charge on any atom is -0.457 e. The van der Waals surface area contributed by atoms with E-state index >= 15 is 0 Å². The summed E-state index contributed by atoms with van der Waals surface area (Å²) in [6.07, 6.45) is -0.181. The number of amides is 1. The van der Waals surface area contributed by atoms with E-state index < -0.39 is 11.7 Å². The molecule has 36 heavy (non-hydrogen) atoms. The molecular formula is C26H24F3N5O2. The number of aromatic nitrogens is 2. The van der Waals surface area contributed by atoms with Gasteiger partial charge < -0.3 is 15.0 Å². The van der Waals surface area contributed by atoms with Crippen LogP contribution in [0, 0.1) is 6.92 Å². The zero-order chi connectivity index (χ0) is 25.3. The number of nitrogens with one attached hydrogen (secondary N) is 1. The van der Waals surface area contributed by atoms with E-state index in [2.05, 4.69) is 15.3 Å². The number of fused-ring (bicyclic) bond motifs is 1. The van der Waals surface area contributed by atoms with Gasteiger partial charge in [-0.25, -0.2) is 9.97 Å². The third-order valence-electron chi connectivity index (χ3n) is 6.14. The topological polar surface area (TPSA) is 79.7 Å². The Kier molecular flexibility index (Phi) is 6.34. The monoisotopic (exact) mass is 495 g/mol. The molecule has 1 amide bonds. The molecule has 0 spiro atoms. The second-order valence-corrected chi connectivity index (χ2v) is 8.72. The van der Waals surface area contributed by atoms with Crippen molar-refractivity contribution in [3.63, 3.8) is 0 Å². The predicted molar refractivity (Wildman–Crippen MR) is 129 cm³/mol. The van der Waals surface area contributed by atoms with Gasteiger partial charge in [-0.2, -0.15) is 13.2 Å². The fourth-order valence-electron chi connectivity index (χ4n) is 4.30. The second kappa shape index (κ2) is 9.60. The summed E-state index contributed by atoms with van der Waals surface area (Å²) in [6.45, 7) is 3.81. The maximum Gasteiger partial charge on any atom is 0.416 e. The molecule has 3 aromatic rings. The maximum absolute atomic E-state index is 13.4. The average Bonchev–Trinajstić information content (AvgIpc) is 3.39. The van der Waals surface area contributed by atoms with Crippen molar-refractivity contribution in [1.29, 1.82) is 0 Å². The van der Waals surface area contributed by atoms with E-state index in [1.807, 2.05) is 6.92 Å². The molecule has 2 aromatic carbocycles. The Balaban J connectivity index is 1.49. The van der Waals surface area contributed by atoms with Crippen LogP contribution in [0.3, 0.4) is 0 Å². The number of carbonyl (C=O) groups excluding carboxylic acids is 1. The molecule has 0 aliphatic carbocycles. The Labute approximate surface area is 206 Å². The van der Waals surface area contributed by atoms with Crippen LogP contribution in [-0.2, 0) is 6.18 Å². The lowest BCUT2D eigenvalue weighted by Gasteiger charge is -2.20. The van der Waals surface area contributed by atoms with E-state index in [1.54, 1.807) is 29.3 Å². The number of halogens is 3. The van der Waals surface area contributed by atoms with Crippen LogP contribution in [0.4, 0.5) is 24.7 Å². The third-order valence-corrected chi connectivity index (χ3v) is 6.14. The van der Waals surface area contributed by atoms with E-state index in [0.29, 0.717) is 54.7 Å². The molecule has 1 aromatic heterocycles. The van der Waals surface area contributed by atoms with E-state index in [1.165, 1.54) is 12.1 Å². The minimum absolute atomic E-state index is 0.154. The molecule has 3 heterocycles. The van der Waals surface area contributed by atoms with Crippen molar-refractivity contribution in [3.8, 4) is 11.5 Å². The molecule has 0 bridgehead atoms. The number of alkyl halides is 3. The number of rotatable bonds is 4. The molecule has 0 unspecified atom stereocenters. The van der Waals surface area contributed by atoms with Gasteiger partial charge in [-0.1, -0.05) is 0 Å². The Bertz CT molecular complexity index is 1320. The Hall–Kier alpha value is -3.95. The normalized spacial score (nSPS) is 16.6. The number of aliphatic imine (C=N–C) groups is 1. The average molecular weight is 496 g/mol. The number of benzene rings is 2. The Morgan fingerprint density at radius 3 is 2.53 bits per heavy atom. The van der Waals surface area contributed by atoms with Gasteiger partial charge in [-0.05, 0) is 62.2 Å². The SMILES string of the molecule is Cc1ncc2c(n1)NCCC2=Nc1ccc(Oc2ccc(C(F)(F)F)cc2)cc1C(=O)N1CCCC1. The summed E-state index contributed by atoms with van der Waals surface area (Å²) in [7, 11) is 0. The summed E-state index contributed by atoms with van der Waals surface area (Å²) < 4.78 is 44.4. The predicted octanol–water partition coefficient (Wildman–Crippen LogP) is 5.77. The van der Waals surface area contributed by atoms with Crippen LogP contribution >= 0.6 is 0 Å². The molecule has 2 aliphatic heterocycles. The van der Waals surface area contributed by atoms with Crippen molar-refractivity contribution in [3.05, 3.63) is 71.2 Å². The highest BCUT2D eigenvalue weighted by molar-refractivity contribution is 6.08. The minimum atomic E-state index is -4.42. The van der Waals surface area contributed by atoms with Crippen molar-refractivity contribution in [2.24, 2.45) is 4.99 Å². The van der Waals surface area contributed by atoms with Crippen LogP contribution in [0.2, 0.25) is 0 Å². The Morgan fingerprint density at radius 1 is 1.08 bits per heavy atom. The van der Waals surface area contributed by atoms with Crippen LogP contribution in [0.25, 0.3) is 0 Å². The Morgan fingerprint density at radius 2 is 1.81 bits per heavy atom. The lowest BCUT2D eigenvalue weighted by Crippen LogP contribution is -2.27. The molecule has 7 nitrogen and oxygen atoms in total. The molecule has 1 saturated heterocycles. The highest BCUT2D eigenvalue weighted by atomic mass is 19.4. The van der Waals surface area contributed by atoms with Gasteiger partial charge in [-0.15, -0.1) is 0 Å². The standard InChI is InChI=1S/C26H24F3N5O2/c1-16-31-15-21-23(10-11-30-24(21)32-16)33-22-9-8-19(14-20(22)25(35)34-12-2-3-13-34)36-18-6-4-17(5-7-18)26(27,28)29/h4-9,14-15H,2-3,10-13H2,1H3,(H,30,31,32). The number of likely N-dealkylation sites (tertiary alicyclic amines) is 1. The first-order valence-electron chi connectivity index (χ1n) is 11.7. The number of hydrogen-bond donors (Lipinski definition) is 1. The van der Waals surface area contributed by atoms with Crippen molar-refractivity contribution in [2.75, 3.05) is 25.0 Å². The summed E-state index contributed by atoms with van der Waals surface area (Å²) in [4.78, 5) is 28.7. The molecular weight excluding hydrogens is 471 g/mol. The molecule has 1 N–H and O–H groups in total. The van der Waals surface area contributed by atoms with Crippen molar-refractivity contribution in [2.45, 2.75) is 32.4 Å². The number of ether oxygens (including phenoxy) is 1. The van der Waals surface area contributed by atoms with E-state index in [9.17, 15) is 18.0 Å². The summed E-state index contributed by atoms with van der Waals surface area (Å²) in [6, 6.07) is 9.40. The molecule has 0 radical (unpaired) electrons. The largest absolute Gasteiger partial charge is 0.457 e. The van der Waals surface area contributed by atoms with Crippen LogP contribution in [-0.4, -0.2) is 46.1 Å². The van der Waals surface area contributed by atoms with Gasteiger partial charge in [0.15, 0.2) is 0 Å². The lowest BCUT2D eigenvalue weighted by atomic mass is 10.1. The van der Waals surface area contributed by atoms with Gasteiger partial charge in [0.25, 0.3) is 5.91 Å². The van der Waals surface area contributed by atoms with E-state index in [-0.39, 0.29) is 11.7 Å². The van der Waals surface area contributed by atoms with Gasteiger partial charge >= 0.3 is 6.18 Å².